The molecule has 2 heteroatoms. The van der Waals surface area contributed by atoms with E-state index in [1.807, 2.05) is 0 Å². The van der Waals surface area contributed by atoms with Crippen molar-refractivity contribution < 1.29 is 0 Å². The molecule has 1 aromatic carbocycles. The minimum atomic E-state index is 0.603. The van der Waals surface area contributed by atoms with Crippen molar-refractivity contribution in [1.29, 1.82) is 0 Å². The highest BCUT2D eigenvalue weighted by atomic mass is 15.1. The maximum atomic E-state index is 3.63. The van der Waals surface area contributed by atoms with E-state index in [9.17, 15) is 0 Å². The van der Waals surface area contributed by atoms with Gasteiger partial charge < -0.3 is 5.32 Å². The fourth-order valence-electron chi connectivity index (χ4n) is 2.39. The van der Waals surface area contributed by atoms with Crippen LogP contribution in [-0.4, -0.2) is 24.0 Å². The molecule has 19 heavy (non-hydrogen) atoms. The lowest BCUT2D eigenvalue weighted by Crippen LogP contribution is -2.27. The summed E-state index contributed by atoms with van der Waals surface area (Å²) in [6, 6.07) is 9.42. The van der Waals surface area contributed by atoms with Crippen LogP contribution in [0, 0.1) is 0 Å². The Morgan fingerprint density at radius 1 is 1.05 bits per heavy atom. The van der Waals surface area contributed by atoms with Crippen molar-refractivity contribution in [3.63, 3.8) is 0 Å². The van der Waals surface area contributed by atoms with Gasteiger partial charge in [0.05, 0.1) is 0 Å². The third-order valence-corrected chi connectivity index (χ3v) is 3.77. The summed E-state index contributed by atoms with van der Waals surface area (Å²) >= 11 is 0. The molecule has 0 saturated heterocycles. The van der Waals surface area contributed by atoms with Gasteiger partial charge in [0.1, 0.15) is 0 Å². The zero-order valence-electron chi connectivity index (χ0n) is 13.1. The summed E-state index contributed by atoms with van der Waals surface area (Å²) in [5.41, 5.74) is 2.90. The van der Waals surface area contributed by atoms with E-state index in [0.29, 0.717) is 6.04 Å². The average Bonchev–Trinajstić information content (AvgIpc) is 2.44. The van der Waals surface area contributed by atoms with Gasteiger partial charge in [0.15, 0.2) is 0 Å². The van der Waals surface area contributed by atoms with E-state index < -0.39 is 0 Å². The van der Waals surface area contributed by atoms with Gasteiger partial charge in [0.2, 0.25) is 0 Å². The van der Waals surface area contributed by atoms with Crippen LogP contribution >= 0.6 is 0 Å². The first-order valence-electron chi connectivity index (χ1n) is 7.73. The van der Waals surface area contributed by atoms with Gasteiger partial charge in [0.25, 0.3) is 0 Å². The molecular weight excluding hydrogens is 232 g/mol. The van der Waals surface area contributed by atoms with Crippen molar-refractivity contribution >= 4 is 0 Å². The van der Waals surface area contributed by atoms with Crippen LogP contribution in [0.15, 0.2) is 24.3 Å². The topological polar surface area (TPSA) is 15.3 Å². The predicted octanol–water partition coefficient (Wildman–Crippen LogP) is 3.81. The molecule has 0 aliphatic carbocycles. The first kappa shape index (κ1) is 16.2. The molecule has 1 rings (SSSR count). The lowest BCUT2D eigenvalue weighted by Gasteiger charge is -2.21. The number of rotatable bonds is 9. The molecule has 0 spiro atoms. The molecule has 0 heterocycles. The van der Waals surface area contributed by atoms with Gasteiger partial charge in [-0.2, -0.15) is 0 Å². The second kappa shape index (κ2) is 9.11. The average molecular weight is 262 g/mol. The van der Waals surface area contributed by atoms with Gasteiger partial charge in [-0.15, -0.1) is 0 Å². The molecule has 108 valence electrons. The molecule has 2 nitrogen and oxygen atoms in total. The number of benzene rings is 1. The number of nitrogens with one attached hydrogen (secondary N) is 1. The monoisotopic (exact) mass is 262 g/mol. The molecule has 1 atom stereocenters. The highest BCUT2D eigenvalue weighted by molar-refractivity contribution is 5.27. The second-order valence-electron chi connectivity index (χ2n) is 5.30. The van der Waals surface area contributed by atoms with E-state index in [4.69, 9.17) is 0 Å². The molecule has 0 aromatic heterocycles. The lowest BCUT2D eigenvalue weighted by atomic mass is 10.1. The normalized spacial score (nSPS) is 12.9. The Labute approximate surface area is 119 Å². The quantitative estimate of drug-likeness (QED) is 0.728. The van der Waals surface area contributed by atoms with E-state index in [0.717, 1.165) is 26.2 Å². The fraction of sp³-hybridized carbons (Fsp3) is 0.647. The van der Waals surface area contributed by atoms with Gasteiger partial charge in [-0.25, -0.2) is 0 Å². The molecule has 1 unspecified atom stereocenters. The van der Waals surface area contributed by atoms with Crippen LogP contribution in [-0.2, 0) is 13.1 Å². The minimum absolute atomic E-state index is 0.603. The molecule has 0 bridgehead atoms. The molecule has 0 aliphatic rings. The highest BCUT2D eigenvalue weighted by Crippen LogP contribution is 2.12. The standard InChI is InChI=1S/C17H30N2/c1-5-10-15(4)18-13-16-11-8-9-12-17(16)14-19(6-2)7-3/h8-9,11-12,15,18H,5-7,10,13-14H2,1-4H3. The van der Waals surface area contributed by atoms with Crippen LogP contribution < -0.4 is 5.32 Å². The Kier molecular flexibility index (Phi) is 7.76. The summed E-state index contributed by atoms with van der Waals surface area (Å²) in [6.45, 7) is 13.3. The number of nitrogens with zero attached hydrogens (tertiary/aromatic N) is 1. The molecule has 1 aromatic rings. The number of hydrogen-bond donors (Lipinski definition) is 1. The molecule has 0 aliphatic heterocycles. The van der Waals surface area contributed by atoms with Gasteiger partial charge in [0, 0.05) is 19.1 Å². The summed E-state index contributed by atoms with van der Waals surface area (Å²) in [4.78, 5) is 2.47. The SMILES string of the molecule is CCCC(C)NCc1ccccc1CN(CC)CC. The van der Waals surface area contributed by atoms with Crippen LogP contribution in [0.4, 0.5) is 0 Å². The molecule has 0 saturated carbocycles. The van der Waals surface area contributed by atoms with Gasteiger partial charge in [-0.3, -0.25) is 4.90 Å². The Hall–Kier alpha value is -0.860. The Balaban J connectivity index is 2.62. The summed E-state index contributed by atoms with van der Waals surface area (Å²) in [6.07, 6.45) is 2.49. The Morgan fingerprint density at radius 2 is 1.68 bits per heavy atom. The van der Waals surface area contributed by atoms with Crippen molar-refractivity contribution in [2.45, 2.75) is 59.7 Å². The van der Waals surface area contributed by atoms with Gasteiger partial charge >= 0.3 is 0 Å². The maximum absolute atomic E-state index is 3.63. The molecule has 0 fully saturated rings. The summed E-state index contributed by atoms with van der Waals surface area (Å²) < 4.78 is 0. The molecular formula is C17H30N2. The predicted molar refractivity (Wildman–Crippen MR) is 84.3 cm³/mol. The fourth-order valence-corrected chi connectivity index (χ4v) is 2.39. The largest absolute Gasteiger partial charge is 0.310 e. The maximum Gasteiger partial charge on any atom is 0.0236 e. The van der Waals surface area contributed by atoms with Crippen LogP contribution in [0.3, 0.4) is 0 Å². The molecule has 0 amide bonds. The first-order chi connectivity index (χ1) is 9.21. The lowest BCUT2D eigenvalue weighted by molar-refractivity contribution is 0.294. The highest BCUT2D eigenvalue weighted by Gasteiger charge is 2.07. The summed E-state index contributed by atoms with van der Waals surface area (Å²) in [5, 5.41) is 3.63. The van der Waals surface area contributed by atoms with Crippen molar-refractivity contribution in [1.82, 2.24) is 10.2 Å². The van der Waals surface area contributed by atoms with Crippen LogP contribution in [0.1, 0.15) is 51.7 Å². The number of hydrogen-bond acceptors (Lipinski definition) is 2. The van der Waals surface area contributed by atoms with Crippen LogP contribution in [0.25, 0.3) is 0 Å². The van der Waals surface area contributed by atoms with E-state index >= 15 is 0 Å². The summed E-state index contributed by atoms with van der Waals surface area (Å²) in [7, 11) is 0. The first-order valence-corrected chi connectivity index (χ1v) is 7.73. The summed E-state index contributed by atoms with van der Waals surface area (Å²) in [5.74, 6) is 0. The minimum Gasteiger partial charge on any atom is -0.310 e. The van der Waals surface area contributed by atoms with E-state index in [-0.39, 0.29) is 0 Å². The van der Waals surface area contributed by atoms with Crippen LogP contribution in [0.5, 0.6) is 0 Å². The Bertz CT molecular complexity index is 345. The van der Waals surface area contributed by atoms with E-state index in [2.05, 4.69) is 62.2 Å². The Morgan fingerprint density at radius 3 is 2.26 bits per heavy atom. The molecule has 1 N–H and O–H groups in total. The van der Waals surface area contributed by atoms with Gasteiger partial charge in [-0.05, 0) is 37.6 Å². The zero-order valence-corrected chi connectivity index (χ0v) is 13.1. The molecule has 0 radical (unpaired) electrons. The van der Waals surface area contributed by atoms with Gasteiger partial charge in [-0.1, -0.05) is 51.5 Å². The van der Waals surface area contributed by atoms with Crippen molar-refractivity contribution in [2.24, 2.45) is 0 Å². The van der Waals surface area contributed by atoms with Crippen molar-refractivity contribution in [3.05, 3.63) is 35.4 Å². The smallest absolute Gasteiger partial charge is 0.0236 e. The van der Waals surface area contributed by atoms with Crippen LogP contribution in [0.2, 0.25) is 0 Å². The van der Waals surface area contributed by atoms with Crippen molar-refractivity contribution in [3.8, 4) is 0 Å². The second-order valence-corrected chi connectivity index (χ2v) is 5.30. The third kappa shape index (κ3) is 5.75. The zero-order chi connectivity index (χ0) is 14.1. The third-order valence-electron chi connectivity index (χ3n) is 3.77. The van der Waals surface area contributed by atoms with Crippen molar-refractivity contribution in [2.75, 3.05) is 13.1 Å². The van der Waals surface area contributed by atoms with E-state index in [1.165, 1.54) is 24.0 Å². The van der Waals surface area contributed by atoms with E-state index in [1.54, 1.807) is 0 Å².